The molecule has 0 unspecified atom stereocenters. The fourth-order valence-electron chi connectivity index (χ4n) is 3.43. The van der Waals surface area contributed by atoms with Gasteiger partial charge in [0.2, 0.25) is 0 Å². The highest BCUT2D eigenvalue weighted by Crippen LogP contribution is 2.18. The Hall–Kier alpha value is -4.39. The van der Waals surface area contributed by atoms with Crippen LogP contribution in [0.15, 0.2) is 88.4 Å². The summed E-state index contributed by atoms with van der Waals surface area (Å²) in [6, 6.07) is 19.2. The number of nitrogens with zero attached hydrogens (tertiary/aromatic N) is 4. The Morgan fingerprint density at radius 2 is 1.69 bits per heavy atom. The first-order chi connectivity index (χ1) is 17.2. The Bertz CT molecular complexity index is 1560. The second-order valence-corrected chi connectivity index (χ2v) is 10.7. The van der Waals surface area contributed by atoms with Gasteiger partial charge in [0.15, 0.2) is 0 Å². The molecule has 9 heteroatoms. The Kier molecular flexibility index (Phi) is 7.20. The third-order valence-electron chi connectivity index (χ3n) is 5.24. The van der Waals surface area contributed by atoms with Crippen LogP contribution in [0.3, 0.4) is 0 Å². The van der Waals surface area contributed by atoms with Crippen molar-refractivity contribution in [2.24, 2.45) is 11.4 Å². The quantitative estimate of drug-likeness (QED) is 0.289. The van der Waals surface area contributed by atoms with E-state index in [0.717, 1.165) is 5.69 Å². The van der Waals surface area contributed by atoms with Crippen molar-refractivity contribution in [2.75, 3.05) is 11.6 Å². The van der Waals surface area contributed by atoms with E-state index in [1.807, 2.05) is 13.0 Å². The predicted octanol–water partition coefficient (Wildman–Crippen LogP) is 4.15. The maximum atomic E-state index is 12.7. The molecular formula is C27H25N5O3S. The molecule has 4 aromatic rings. The van der Waals surface area contributed by atoms with Crippen LogP contribution >= 0.6 is 0 Å². The second-order valence-electron chi connectivity index (χ2n) is 8.20. The lowest BCUT2D eigenvalue weighted by molar-refractivity contribution is 0.100. The highest BCUT2D eigenvalue weighted by molar-refractivity contribution is 7.99. The molecule has 36 heavy (non-hydrogen) atoms. The first-order valence-electron chi connectivity index (χ1n) is 11.0. The minimum Gasteiger partial charge on any atom is -0.340 e. The van der Waals surface area contributed by atoms with Crippen molar-refractivity contribution in [2.45, 2.75) is 11.8 Å². The minimum atomic E-state index is -2.97. The van der Waals surface area contributed by atoms with Crippen LogP contribution < -0.4 is 5.32 Å². The van der Waals surface area contributed by atoms with Gasteiger partial charge in [-0.3, -0.25) is 19.3 Å². The maximum absolute atomic E-state index is 12.7. The molecule has 2 heterocycles. The lowest BCUT2D eigenvalue weighted by atomic mass is 10.1. The summed E-state index contributed by atoms with van der Waals surface area (Å²) in [5.41, 5.74) is 2.63. The monoisotopic (exact) mass is 499 g/mol. The van der Waals surface area contributed by atoms with E-state index in [1.165, 1.54) is 12.4 Å². The van der Waals surface area contributed by atoms with Gasteiger partial charge >= 0.3 is 0 Å². The molecule has 2 N–H and O–H groups in total. The van der Waals surface area contributed by atoms with E-state index in [4.69, 9.17) is 0 Å². The molecule has 0 atom stereocenters. The van der Waals surface area contributed by atoms with Gasteiger partial charge in [0, 0.05) is 47.1 Å². The van der Waals surface area contributed by atoms with Crippen molar-refractivity contribution in [3.05, 3.63) is 107 Å². The molecule has 182 valence electrons. The molecule has 0 saturated heterocycles. The number of anilines is 1. The lowest BCUT2D eigenvalue weighted by Crippen LogP contribution is -2.14. The fourth-order valence-corrected chi connectivity index (χ4v) is 4.75. The van der Waals surface area contributed by atoms with Crippen LogP contribution in [0.1, 0.15) is 37.5 Å². The topological polar surface area (TPSA) is 109 Å². The Labute approximate surface area is 210 Å². The summed E-state index contributed by atoms with van der Waals surface area (Å²) < 4.78 is 16.4. The zero-order valence-electron chi connectivity index (χ0n) is 20.0. The van der Waals surface area contributed by atoms with E-state index >= 15 is 0 Å². The molecule has 2 aromatic heterocycles. The van der Waals surface area contributed by atoms with Crippen molar-refractivity contribution < 1.29 is 14.1 Å². The molecule has 0 fully saturated rings. The van der Waals surface area contributed by atoms with E-state index in [2.05, 4.69) is 31.6 Å². The number of carbonyl (C=O) groups is 2. The van der Waals surface area contributed by atoms with Crippen molar-refractivity contribution in [1.29, 1.82) is 0 Å². The summed E-state index contributed by atoms with van der Waals surface area (Å²) in [4.78, 5) is 30.1. The average Bonchev–Trinajstić information content (AvgIpc) is 3.19. The molecule has 0 radical (unpaired) electrons. The summed E-state index contributed by atoms with van der Waals surface area (Å²) >= 11 is 0. The van der Waals surface area contributed by atoms with Crippen molar-refractivity contribution in [1.82, 2.24) is 14.8 Å². The van der Waals surface area contributed by atoms with E-state index in [-0.39, 0.29) is 11.5 Å². The molecule has 0 aliphatic heterocycles. The largest absolute Gasteiger partial charge is 0.340 e. The number of carbonyl (C=O) groups excluding carboxylic acids is 2. The second kappa shape index (κ2) is 10.5. The Balaban J connectivity index is 1.52. The minimum absolute atomic E-state index is 0.234. The average molecular weight is 500 g/mol. The number of pyridine rings is 1. The fraction of sp³-hybridized carbons (Fsp3) is 0.111. The van der Waals surface area contributed by atoms with Crippen molar-refractivity contribution in [3.63, 3.8) is 0 Å². The molecule has 0 aliphatic carbocycles. The van der Waals surface area contributed by atoms with Gasteiger partial charge in [-0.2, -0.15) is 9.46 Å². The third-order valence-corrected chi connectivity index (χ3v) is 7.08. The molecule has 0 saturated carbocycles. The number of aryl methyl sites for hydroxylation is 2. The van der Waals surface area contributed by atoms with Crippen LogP contribution in [0.25, 0.3) is 0 Å². The van der Waals surface area contributed by atoms with E-state index in [1.54, 1.807) is 78.6 Å². The van der Waals surface area contributed by atoms with Gasteiger partial charge in [0.1, 0.15) is 5.82 Å². The number of hydrogen-bond donors (Lipinski definition) is 3. The van der Waals surface area contributed by atoms with Gasteiger partial charge in [-0.15, -0.1) is 0 Å². The molecule has 8 nitrogen and oxygen atoms in total. The Morgan fingerprint density at radius 3 is 2.42 bits per heavy atom. The number of benzene rings is 2. The SMILES string of the molecule is Cc1cc(NC(=O)c2cccc(C#Cc3cncc(C(=O)N=[SH](C)(O)c4ccccc4)c3)c2)n(C)n1. The number of hydrogen-bond acceptors (Lipinski definition) is 4. The lowest BCUT2D eigenvalue weighted by Gasteiger charge is -2.17. The van der Waals surface area contributed by atoms with Crippen LogP contribution in [0, 0.1) is 18.8 Å². The van der Waals surface area contributed by atoms with Crippen LogP contribution in [0.5, 0.6) is 0 Å². The normalized spacial score (nSPS) is 11.2. The van der Waals surface area contributed by atoms with E-state index in [0.29, 0.717) is 27.4 Å². The molecule has 4 rings (SSSR count). The highest BCUT2D eigenvalue weighted by atomic mass is 32.3. The van der Waals surface area contributed by atoms with Gasteiger partial charge in [0.05, 0.1) is 11.3 Å². The summed E-state index contributed by atoms with van der Waals surface area (Å²) in [5, 5.41) is 7.06. The standard InChI is InChI=1S/C27H25N5O3S/c1-19-14-25(32(2)30-19)29-26(33)22-9-7-8-20(15-22)12-13-21-16-23(18-28-17-21)27(34)31-36(3,35)24-10-5-4-6-11-24/h4-11,14-18,36H,1-3H3,(H,29,33)(H,31,34,35). The van der Waals surface area contributed by atoms with Gasteiger partial charge in [-0.05, 0) is 49.6 Å². The van der Waals surface area contributed by atoms with Gasteiger partial charge < -0.3 is 9.87 Å². The van der Waals surface area contributed by atoms with Gasteiger partial charge in [-0.1, -0.05) is 46.2 Å². The zero-order chi connectivity index (χ0) is 25.7. The summed E-state index contributed by atoms with van der Waals surface area (Å²) in [6.45, 7) is 1.85. The number of aromatic nitrogens is 3. The number of rotatable bonds is 4. The van der Waals surface area contributed by atoms with Crippen molar-refractivity contribution >= 4 is 27.7 Å². The Morgan fingerprint density at radius 1 is 0.972 bits per heavy atom. The summed E-state index contributed by atoms with van der Waals surface area (Å²) in [7, 11) is -1.21. The maximum Gasteiger partial charge on any atom is 0.285 e. The van der Waals surface area contributed by atoms with E-state index in [9.17, 15) is 14.1 Å². The molecular weight excluding hydrogens is 474 g/mol. The third kappa shape index (κ3) is 5.99. The molecule has 0 aliphatic rings. The first-order valence-corrected chi connectivity index (χ1v) is 13.2. The van der Waals surface area contributed by atoms with Crippen LogP contribution in [-0.2, 0) is 17.2 Å². The van der Waals surface area contributed by atoms with Gasteiger partial charge in [0.25, 0.3) is 11.8 Å². The smallest absolute Gasteiger partial charge is 0.285 e. The molecule has 2 aromatic carbocycles. The zero-order valence-corrected chi connectivity index (χ0v) is 20.9. The molecule has 2 amide bonds. The van der Waals surface area contributed by atoms with Crippen molar-refractivity contribution in [3.8, 4) is 11.8 Å². The summed E-state index contributed by atoms with van der Waals surface area (Å²) in [5.74, 6) is 5.75. The van der Waals surface area contributed by atoms with Gasteiger partial charge in [-0.25, -0.2) is 0 Å². The number of amides is 2. The first kappa shape index (κ1) is 24.7. The number of nitrogens with one attached hydrogen (secondary N) is 1. The van der Waals surface area contributed by atoms with Crippen LogP contribution in [0.2, 0.25) is 0 Å². The number of thiol groups is 1. The predicted molar refractivity (Wildman–Crippen MR) is 141 cm³/mol. The van der Waals surface area contributed by atoms with Crippen LogP contribution in [0.4, 0.5) is 5.82 Å². The molecule has 0 bridgehead atoms. The highest BCUT2D eigenvalue weighted by Gasteiger charge is 2.12. The summed E-state index contributed by atoms with van der Waals surface area (Å²) in [6.07, 6.45) is 4.50. The molecule has 0 spiro atoms. The van der Waals surface area contributed by atoms with Crippen LogP contribution in [-0.4, -0.2) is 37.4 Å². The van der Waals surface area contributed by atoms with E-state index < -0.39 is 16.0 Å².